The van der Waals surface area contributed by atoms with Crippen LogP contribution in [0.3, 0.4) is 0 Å². The molecule has 0 aliphatic carbocycles. The quantitative estimate of drug-likeness (QED) is 0.414. The van der Waals surface area contributed by atoms with Crippen LogP contribution in [0.5, 0.6) is 0 Å². The summed E-state index contributed by atoms with van der Waals surface area (Å²) in [6, 6.07) is 17.0. The summed E-state index contributed by atoms with van der Waals surface area (Å²) < 4.78 is 7.79. The number of aliphatic hydroxyl groups is 2. The van der Waals surface area contributed by atoms with Crippen LogP contribution in [0, 0.1) is 0 Å². The second-order valence-corrected chi connectivity index (χ2v) is 7.86. The number of nitrogens with zero attached hydrogens (tertiary/aromatic N) is 5. The minimum absolute atomic E-state index is 0.0696. The Morgan fingerprint density at radius 1 is 1.12 bits per heavy atom. The summed E-state index contributed by atoms with van der Waals surface area (Å²) in [6.45, 7) is -0.258. The molecule has 2 aromatic carbocycles. The van der Waals surface area contributed by atoms with Gasteiger partial charge >= 0.3 is 6.03 Å². The lowest BCUT2D eigenvalue weighted by Crippen LogP contribution is -2.39. The number of imidazole rings is 1. The van der Waals surface area contributed by atoms with Crippen LogP contribution in [0.15, 0.2) is 71.8 Å². The van der Waals surface area contributed by atoms with Gasteiger partial charge in [0, 0.05) is 6.42 Å². The van der Waals surface area contributed by atoms with Gasteiger partial charge in [-0.1, -0.05) is 36.4 Å². The van der Waals surface area contributed by atoms with Crippen molar-refractivity contribution in [2.75, 3.05) is 17.2 Å². The zero-order valence-corrected chi connectivity index (χ0v) is 17.9. The number of carbonyl (C=O) groups excluding carboxylic acids is 1. The third-order valence-electron chi connectivity index (χ3n) is 5.68. The second-order valence-electron chi connectivity index (χ2n) is 7.86. The number of hydrogen-bond donors (Lipinski definition) is 3. The van der Waals surface area contributed by atoms with Crippen LogP contribution in [-0.2, 0) is 4.74 Å². The van der Waals surface area contributed by atoms with E-state index in [1.54, 1.807) is 48.5 Å². The van der Waals surface area contributed by atoms with Crippen molar-refractivity contribution < 1.29 is 19.7 Å². The summed E-state index contributed by atoms with van der Waals surface area (Å²) in [6.07, 6.45) is -0.872. The Bertz CT molecular complexity index is 1350. The van der Waals surface area contributed by atoms with Gasteiger partial charge in [-0.15, -0.1) is 0 Å². The SMILES string of the molecule is Nc1nc2c(ncn2[C@@H]2O[C@H](CO)C[C@H]2O)c(=O)n1C(=O)N(c1ccccc1)c1ccccc1. The van der Waals surface area contributed by atoms with E-state index in [-0.39, 0.29) is 30.1 Å². The molecule has 174 valence electrons. The predicted molar refractivity (Wildman–Crippen MR) is 124 cm³/mol. The summed E-state index contributed by atoms with van der Waals surface area (Å²) in [7, 11) is 0. The van der Waals surface area contributed by atoms with Gasteiger partial charge in [0.1, 0.15) is 6.10 Å². The molecule has 3 heterocycles. The van der Waals surface area contributed by atoms with Crippen LogP contribution in [0.2, 0.25) is 0 Å². The number of fused-ring (bicyclic) bond motifs is 1. The van der Waals surface area contributed by atoms with Crippen molar-refractivity contribution in [2.45, 2.75) is 24.9 Å². The largest absolute Gasteiger partial charge is 0.394 e. The number of benzene rings is 2. The average molecular weight is 462 g/mol. The van der Waals surface area contributed by atoms with Crippen molar-refractivity contribution in [1.82, 2.24) is 19.1 Å². The molecule has 0 unspecified atom stereocenters. The zero-order valence-electron chi connectivity index (χ0n) is 17.9. The van der Waals surface area contributed by atoms with Crippen LogP contribution in [-0.4, -0.2) is 54.2 Å². The molecule has 0 bridgehead atoms. The molecule has 0 spiro atoms. The number of nitrogen functional groups attached to an aromatic ring is 1. The van der Waals surface area contributed by atoms with Crippen molar-refractivity contribution in [2.24, 2.45) is 0 Å². The third-order valence-corrected chi connectivity index (χ3v) is 5.68. The number of ether oxygens (including phenoxy) is 1. The summed E-state index contributed by atoms with van der Waals surface area (Å²) >= 11 is 0. The first kappa shape index (κ1) is 21.8. The molecule has 1 saturated heterocycles. The number of hydrogen-bond acceptors (Lipinski definition) is 8. The maximum absolute atomic E-state index is 13.7. The van der Waals surface area contributed by atoms with Gasteiger partial charge in [0.2, 0.25) is 5.95 Å². The highest BCUT2D eigenvalue weighted by Crippen LogP contribution is 2.31. The van der Waals surface area contributed by atoms with Gasteiger partial charge in [0.05, 0.1) is 30.4 Å². The van der Waals surface area contributed by atoms with Crippen LogP contribution < -0.4 is 16.2 Å². The third kappa shape index (κ3) is 3.61. The van der Waals surface area contributed by atoms with Crippen molar-refractivity contribution in [1.29, 1.82) is 0 Å². The van der Waals surface area contributed by atoms with Crippen LogP contribution in [0.1, 0.15) is 12.6 Å². The lowest BCUT2D eigenvalue weighted by Gasteiger charge is -2.24. The Morgan fingerprint density at radius 2 is 1.74 bits per heavy atom. The molecule has 5 rings (SSSR count). The van der Waals surface area contributed by atoms with Crippen LogP contribution in [0.4, 0.5) is 22.1 Å². The summed E-state index contributed by atoms with van der Waals surface area (Å²) in [5.74, 6) is -0.340. The first-order valence-electron chi connectivity index (χ1n) is 10.6. The standard InChI is InChI=1S/C23H22N6O5/c24-22-26-19-18(25-13-27(19)21-17(31)11-16(12-30)34-21)20(32)29(22)23(33)28(14-7-3-1-4-8-14)15-9-5-2-6-10-15/h1-10,13,16-17,21,30-31H,11-12H2,(H2,24,26)/t16-,17+,21+/m0/s1. The fraction of sp³-hybridized carbons (Fsp3) is 0.217. The average Bonchev–Trinajstić information content (AvgIpc) is 3.43. The van der Waals surface area contributed by atoms with Crippen molar-refractivity contribution in [3.8, 4) is 0 Å². The Kier molecular flexibility index (Phi) is 5.57. The Labute approximate surface area is 193 Å². The highest BCUT2D eigenvalue weighted by Gasteiger charge is 2.36. The normalized spacial score (nSPS) is 20.0. The van der Waals surface area contributed by atoms with Gasteiger partial charge in [0.15, 0.2) is 17.4 Å². The monoisotopic (exact) mass is 462 g/mol. The molecule has 3 atom stereocenters. The number of amides is 1. The van der Waals surface area contributed by atoms with Crippen molar-refractivity contribution in [3.05, 3.63) is 77.3 Å². The maximum Gasteiger partial charge on any atom is 0.343 e. The molecule has 11 heteroatoms. The van der Waals surface area contributed by atoms with E-state index in [9.17, 15) is 19.8 Å². The maximum atomic E-state index is 13.7. The van der Waals surface area contributed by atoms with E-state index in [4.69, 9.17) is 10.5 Å². The van der Waals surface area contributed by atoms with E-state index in [1.165, 1.54) is 15.8 Å². The van der Waals surface area contributed by atoms with E-state index >= 15 is 0 Å². The highest BCUT2D eigenvalue weighted by atomic mass is 16.5. The van der Waals surface area contributed by atoms with Crippen LogP contribution >= 0.6 is 0 Å². The Morgan fingerprint density at radius 3 is 2.29 bits per heavy atom. The van der Waals surface area contributed by atoms with Crippen molar-refractivity contribution in [3.63, 3.8) is 0 Å². The Balaban J connectivity index is 1.61. The molecule has 34 heavy (non-hydrogen) atoms. The molecule has 0 radical (unpaired) electrons. The van der Waals surface area contributed by atoms with E-state index in [1.807, 2.05) is 12.1 Å². The smallest absolute Gasteiger partial charge is 0.343 e. The topological polar surface area (TPSA) is 149 Å². The molecule has 4 aromatic rings. The number of nitrogens with two attached hydrogens (primary N) is 1. The lowest BCUT2D eigenvalue weighted by molar-refractivity contribution is -0.0486. The number of aliphatic hydroxyl groups excluding tert-OH is 2. The minimum atomic E-state index is -0.937. The number of anilines is 3. The van der Waals surface area contributed by atoms with Crippen LogP contribution in [0.25, 0.3) is 11.2 Å². The van der Waals surface area contributed by atoms with Gasteiger partial charge in [-0.2, -0.15) is 9.55 Å². The number of para-hydroxylation sites is 2. The highest BCUT2D eigenvalue weighted by molar-refractivity contribution is 6.02. The lowest BCUT2D eigenvalue weighted by atomic mass is 10.2. The van der Waals surface area contributed by atoms with E-state index in [2.05, 4.69) is 9.97 Å². The predicted octanol–water partition coefficient (Wildman–Crippen LogP) is 1.62. The van der Waals surface area contributed by atoms with Gasteiger partial charge in [-0.3, -0.25) is 14.3 Å². The molecule has 1 aliphatic heterocycles. The van der Waals surface area contributed by atoms with Crippen molar-refractivity contribution >= 4 is 34.5 Å². The van der Waals surface area contributed by atoms with Gasteiger partial charge < -0.3 is 20.7 Å². The number of carbonyl (C=O) groups is 1. The molecular formula is C23H22N6O5. The number of aromatic nitrogens is 4. The fourth-order valence-electron chi connectivity index (χ4n) is 4.08. The minimum Gasteiger partial charge on any atom is -0.394 e. The molecule has 1 amide bonds. The summed E-state index contributed by atoms with van der Waals surface area (Å²) in [4.78, 5) is 36.8. The van der Waals surface area contributed by atoms with Gasteiger partial charge in [-0.25, -0.2) is 9.78 Å². The molecule has 1 aliphatic rings. The molecule has 0 saturated carbocycles. The second kappa shape index (κ2) is 8.71. The van der Waals surface area contributed by atoms with Gasteiger partial charge in [-0.05, 0) is 24.3 Å². The summed E-state index contributed by atoms with van der Waals surface area (Å²) in [5.41, 5.74) is 6.40. The molecule has 2 aromatic heterocycles. The molecule has 11 nitrogen and oxygen atoms in total. The molecule has 4 N–H and O–H groups in total. The van der Waals surface area contributed by atoms with E-state index in [0.717, 1.165) is 4.57 Å². The Hall–Kier alpha value is -4.06. The fourth-order valence-corrected chi connectivity index (χ4v) is 4.08. The first-order valence-corrected chi connectivity index (χ1v) is 10.6. The molecule has 1 fully saturated rings. The van der Waals surface area contributed by atoms with E-state index < -0.39 is 30.0 Å². The number of rotatable bonds is 4. The van der Waals surface area contributed by atoms with E-state index in [0.29, 0.717) is 11.4 Å². The molecular weight excluding hydrogens is 440 g/mol. The zero-order chi connectivity index (χ0) is 23.8. The summed E-state index contributed by atoms with van der Waals surface area (Å²) in [5, 5.41) is 19.7. The first-order chi connectivity index (χ1) is 16.5. The van der Waals surface area contributed by atoms with Gasteiger partial charge in [0.25, 0.3) is 5.56 Å².